The highest BCUT2D eigenvalue weighted by Crippen LogP contribution is 2.36. The molecule has 32 heavy (non-hydrogen) atoms. The Morgan fingerprint density at radius 1 is 1.22 bits per heavy atom. The smallest absolute Gasteiger partial charge is 0.337 e. The van der Waals surface area contributed by atoms with Crippen molar-refractivity contribution in [3.8, 4) is 11.3 Å². The van der Waals surface area contributed by atoms with Crippen molar-refractivity contribution in [3.05, 3.63) is 51.4 Å². The lowest BCUT2D eigenvalue weighted by molar-refractivity contribution is -0.183. The number of piperidine rings is 1. The lowest BCUT2D eigenvalue weighted by Gasteiger charge is -2.32. The van der Waals surface area contributed by atoms with E-state index in [-0.39, 0.29) is 43.9 Å². The van der Waals surface area contributed by atoms with Gasteiger partial charge in [0.05, 0.1) is 16.6 Å². The minimum Gasteiger partial charge on any atom is -0.337 e. The lowest BCUT2D eigenvalue weighted by Crippen LogP contribution is -2.42. The van der Waals surface area contributed by atoms with E-state index in [1.807, 2.05) is 0 Å². The molecule has 170 valence electrons. The maximum absolute atomic E-state index is 13.0. The SMILES string of the molecule is Cc1nc2nc(C(=O)N3CCC(C(F)(F)F)CC3)cn2c(-c2ccc(Cl)cc2Cl)c1CN. The third kappa shape index (κ3) is 4.16. The van der Waals surface area contributed by atoms with Gasteiger partial charge in [-0.3, -0.25) is 9.20 Å². The predicted octanol–water partition coefficient (Wildman–Crippen LogP) is 4.88. The number of benzene rings is 1. The van der Waals surface area contributed by atoms with Gasteiger partial charge >= 0.3 is 6.18 Å². The van der Waals surface area contributed by atoms with Crippen LogP contribution in [-0.4, -0.2) is 44.4 Å². The van der Waals surface area contributed by atoms with Crippen molar-refractivity contribution in [2.24, 2.45) is 11.7 Å². The van der Waals surface area contributed by atoms with Gasteiger partial charge in [0, 0.05) is 47.7 Å². The third-order valence-electron chi connectivity index (χ3n) is 5.77. The third-order valence-corrected chi connectivity index (χ3v) is 6.32. The van der Waals surface area contributed by atoms with E-state index in [1.54, 1.807) is 29.5 Å². The molecule has 1 fully saturated rings. The molecule has 6 nitrogen and oxygen atoms in total. The monoisotopic (exact) mass is 485 g/mol. The topological polar surface area (TPSA) is 76.5 Å². The number of amides is 1. The molecule has 3 heterocycles. The number of likely N-dealkylation sites (tertiary alicyclic amines) is 1. The van der Waals surface area contributed by atoms with Crippen LogP contribution in [0.5, 0.6) is 0 Å². The van der Waals surface area contributed by atoms with Crippen molar-refractivity contribution < 1.29 is 18.0 Å². The van der Waals surface area contributed by atoms with E-state index in [4.69, 9.17) is 28.9 Å². The van der Waals surface area contributed by atoms with E-state index in [9.17, 15) is 18.0 Å². The Morgan fingerprint density at radius 3 is 2.50 bits per heavy atom. The Balaban J connectivity index is 1.74. The number of halogens is 5. The average Bonchev–Trinajstić information content (AvgIpc) is 3.15. The van der Waals surface area contributed by atoms with Gasteiger partial charge < -0.3 is 10.6 Å². The van der Waals surface area contributed by atoms with Crippen LogP contribution >= 0.6 is 23.2 Å². The number of fused-ring (bicyclic) bond motifs is 1. The molecule has 2 N–H and O–H groups in total. The van der Waals surface area contributed by atoms with Gasteiger partial charge in [0.2, 0.25) is 5.78 Å². The van der Waals surface area contributed by atoms with Crippen LogP contribution in [0.25, 0.3) is 17.0 Å². The minimum atomic E-state index is -4.24. The van der Waals surface area contributed by atoms with Gasteiger partial charge in [-0.25, -0.2) is 9.97 Å². The van der Waals surface area contributed by atoms with Crippen molar-refractivity contribution in [1.82, 2.24) is 19.3 Å². The Hall–Kier alpha value is -2.36. The second kappa shape index (κ2) is 8.53. The number of hydrogen-bond donors (Lipinski definition) is 1. The zero-order valence-electron chi connectivity index (χ0n) is 17.1. The zero-order valence-corrected chi connectivity index (χ0v) is 18.6. The number of aromatic nitrogens is 3. The minimum absolute atomic E-state index is 0.0211. The van der Waals surface area contributed by atoms with Gasteiger partial charge in [0.15, 0.2) is 0 Å². The molecule has 0 atom stereocenters. The number of imidazole rings is 1. The maximum Gasteiger partial charge on any atom is 0.391 e. The first-order valence-corrected chi connectivity index (χ1v) is 10.8. The highest BCUT2D eigenvalue weighted by atomic mass is 35.5. The van der Waals surface area contributed by atoms with Crippen LogP contribution in [0.4, 0.5) is 13.2 Å². The fourth-order valence-electron chi connectivity index (χ4n) is 4.04. The lowest BCUT2D eigenvalue weighted by atomic mass is 9.96. The number of hydrogen-bond acceptors (Lipinski definition) is 4. The van der Waals surface area contributed by atoms with Crippen LogP contribution < -0.4 is 5.73 Å². The number of alkyl halides is 3. The summed E-state index contributed by atoms with van der Waals surface area (Å²) in [7, 11) is 0. The molecule has 4 rings (SSSR count). The predicted molar refractivity (Wildman–Crippen MR) is 116 cm³/mol. The molecule has 0 bridgehead atoms. The summed E-state index contributed by atoms with van der Waals surface area (Å²) in [5, 5.41) is 0.869. The number of nitrogens with zero attached hydrogens (tertiary/aromatic N) is 4. The molecule has 3 aromatic rings. The van der Waals surface area contributed by atoms with Gasteiger partial charge in [-0.1, -0.05) is 23.2 Å². The summed E-state index contributed by atoms with van der Waals surface area (Å²) in [6.07, 6.45) is -2.96. The quantitative estimate of drug-likeness (QED) is 0.573. The summed E-state index contributed by atoms with van der Waals surface area (Å²) in [6.45, 7) is 2.00. The maximum atomic E-state index is 13.0. The van der Waals surface area contributed by atoms with Gasteiger partial charge in [0.25, 0.3) is 5.91 Å². The summed E-state index contributed by atoms with van der Waals surface area (Å²) in [4.78, 5) is 23.2. The Bertz CT molecular complexity index is 1190. The van der Waals surface area contributed by atoms with Crippen molar-refractivity contribution in [2.45, 2.75) is 32.5 Å². The summed E-state index contributed by atoms with van der Waals surface area (Å²) in [5.74, 6) is -1.55. The molecule has 11 heteroatoms. The molecule has 1 saturated heterocycles. The largest absolute Gasteiger partial charge is 0.391 e. The van der Waals surface area contributed by atoms with Crippen LogP contribution in [-0.2, 0) is 6.54 Å². The number of rotatable bonds is 3. The average molecular weight is 486 g/mol. The number of nitrogens with two attached hydrogens (primary N) is 1. The van der Waals surface area contributed by atoms with E-state index >= 15 is 0 Å². The van der Waals surface area contributed by atoms with Gasteiger partial charge in [0.1, 0.15) is 5.69 Å². The first-order chi connectivity index (χ1) is 15.1. The summed E-state index contributed by atoms with van der Waals surface area (Å²) in [5.41, 5.74) is 8.73. The molecule has 1 aromatic carbocycles. The van der Waals surface area contributed by atoms with Gasteiger partial charge in [-0.2, -0.15) is 13.2 Å². The van der Waals surface area contributed by atoms with Crippen molar-refractivity contribution >= 4 is 34.9 Å². The highest BCUT2D eigenvalue weighted by Gasteiger charge is 2.42. The molecular weight excluding hydrogens is 466 g/mol. The molecule has 0 aliphatic carbocycles. The number of aryl methyl sites for hydroxylation is 1. The van der Waals surface area contributed by atoms with E-state index in [0.29, 0.717) is 27.0 Å². The summed E-state index contributed by atoms with van der Waals surface area (Å²) < 4.78 is 40.5. The normalized spacial score (nSPS) is 15.5. The molecule has 0 spiro atoms. The molecular formula is C21H20Cl2F3N5O. The van der Waals surface area contributed by atoms with E-state index in [0.717, 1.165) is 5.56 Å². The van der Waals surface area contributed by atoms with Crippen LogP contribution in [0, 0.1) is 12.8 Å². The van der Waals surface area contributed by atoms with Crippen LogP contribution in [0.3, 0.4) is 0 Å². The van der Waals surface area contributed by atoms with Crippen LogP contribution in [0.15, 0.2) is 24.4 Å². The summed E-state index contributed by atoms with van der Waals surface area (Å²) in [6, 6.07) is 5.05. The van der Waals surface area contributed by atoms with Crippen molar-refractivity contribution in [3.63, 3.8) is 0 Å². The van der Waals surface area contributed by atoms with Gasteiger partial charge in [-0.05, 0) is 38.0 Å². The first-order valence-electron chi connectivity index (χ1n) is 10.00. The Morgan fingerprint density at radius 2 is 1.91 bits per heavy atom. The second-order valence-electron chi connectivity index (χ2n) is 7.76. The molecule has 1 amide bonds. The molecule has 2 aromatic heterocycles. The van der Waals surface area contributed by atoms with Crippen LogP contribution in [0.2, 0.25) is 10.0 Å². The van der Waals surface area contributed by atoms with Gasteiger partial charge in [-0.15, -0.1) is 0 Å². The van der Waals surface area contributed by atoms with Crippen LogP contribution in [0.1, 0.15) is 34.6 Å². The fraction of sp³-hybridized carbons (Fsp3) is 0.381. The van der Waals surface area contributed by atoms with Crippen molar-refractivity contribution in [2.75, 3.05) is 13.1 Å². The Labute approximate surface area is 192 Å². The molecule has 0 unspecified atom stereocenters. The molecule has 0 saturated carbocycles. The fourth-order valence-corrected chi connectivity index (χ4v) is 4.54. The Kier molecular flexibility index (Phi) is 6.08. The molecule has 0 radical (unpaired) electrons. The number of carbonyl (C=O) groups is 1. The van der Waals surface area contributed by atoms with E-state index in [2.05, 4.69) is 9.97 Å². The molecule has 1 aliphatic rings. The van der Waals surface area contributed by atoms with E-state index < -0.39 is 18.0 Å². The van der Waals surface area contributed by atoms with E-state index in [1.165, 1.54) is 11.1 Å². The second-order valence-corrected chi connectivity index (χ2v) is 8.60. The zero-order chi connectivity index (χ0) is 23.2. The summed E-state index contributed by atoms with van der Waals surface area (Å²) >= 11 is 12.5. The highest BCUT2D eigenvalue weighted by molar-refractivity contribution is 6.36. The molecule has 1 aliphatic heterocycles. The van der Waals surface area contributed by atoms with Crippen molar-refractivity contribution in [1.29, 1.82) is 0 Å². The standard InChI is InChI=1S/C21H20Cl2F3N5O/c1-11-15(9-27)18(14-3-2-13(22)8-16(14)23)31-10-17(29-20(31)28-11)19(32)30-6-4-12(5-7-30)21(24,25)26/h2-3,8,10,12H,4-7,9,27H2,1H3. The number of carbonyl (C=O) groups excluding carboxylic acids is 1. The first kappa shape index (κ1) is 22.8.